The summed E-state index contributed by atoms with van der Waals surface area (Å²) >= 11 is 0. The Morgan fingerprint density at radius 3 is 2.31 bits per heavy atom. The van der Waals surface area contributed by atoms with E-state index in [9.17, 15) is 13.2 Å². The van der Waals surface area contributed by atoms with E-state index in [0.717, 1.165) is 19.6 Å². The lowest BCUT2D eigenvalue weighted by molar-refractivity contribution is -0.917. The van der Waals surface area contributed by atoms with E-state index in [1.165, 1.54) is 29.7 Å². The quantitative estimate of drug-likeness (QED) is 0.677. The van der Waals surface area contributed by atoms with E-state index in [1.807, 2.05) is 18.2 Å². The van der Waals surface area contributed by atoms with Crippen LogP contribution in [-0.2, 0) is 21.4 Å². The summed E-state index contributed by atoms with van der Waals surface area (Å²) in [4.78, 5) is 16.0. The molecule has 2 aromatic rings. The van der Waals surface area contributed by atoms with Gasteiger partial charge in [-0.1, -0.05) is 30.3 Å². The molecular weight excluding hydrogens is 390 g/mol. The first-order chi connectivity index (χ1) is 13.9. The molecule has 0 spiro atoms. The Morgan fingerprint density at radius 2 is 1.72 bits per heavy atom. The Kier molecular flexibility index (Phi) is 6.89. The van der Waals surface area contributed by atoms with Gasteiger partial charge in [-0.15, -0.1) is 0 Å². The Labute approximate surface area is 172 Å². The number of carbonyl (C=O) groups is 1. The summed E-state index contributed by atoms with van der Waals surface area (Å²) in [6.45, 7) is 5.46. The number of ether oxygens (including phenoxy) is 1. The van der Waals surface area contributed by atoms with E-state index < -0.39 is 16.1 Å². The third-order valence-corrected chi connectivity index (χ3v) is 6.71. The molecule has 0 bridgehead atoms. The van der Waals surface area contributed by atoms with Crippen LogP contribution in [0.5, 0.6) is 5.75 Å². The molecular formula is C21H28N3O4S+. The molecule has 1 atom stereocenters. The number of nitrogens with zero attached hydrogens (tertiary/aromatic N) is 1. The van der Waals surface area contributed by atoms with Crippen LogP contribution >= 0.6 is 0 Å². The third-order valence-electron chi connectivity index (χ3n) is 5.15. The predicted molar refractivity (Wildman–Crippen MR) is 110 cm³/mol. The highest BCUT2D eigenvalue weighted by Gasteiger charge is 2.29. The second kappa shape index (κ2) is 9.39. The van der Waals surface area contributed by atoms with Crippen molar-refractivity contribution < 1.29 is 22.8 Å². The number of sulfonamides is 1. The summed E-state index contributed by atoms with van der Waals surface area (Å²) in [6, 6.07) is 15.6. The van der Waals surface area contributed by atoms with E-state index in [1.54, 1.807) is 24.0 Å². The van der Waals surface area contributed by atoms with Crippen molar-refractivity contribution in [1.82, 2.24) is 9.62 Å². The lowest BCUT2D eigenvalue weighted by atomic mass is 10.2. The average Bonchev–Trinajstić information content (AvgIpc) is 2.74. The zero-order chi connectivity index (χ0) is 20.9. The van der Waals surface area contributed by atoms with Crippen LogP contribution in [0.15, 0.2) is 59.5 Å². The van der Waals surface area contributed by atoms with Crippen LogP contribution in [0.3, 0.4) is 0 Å². The molecule has 156 valence electrons. The van der Waals surface area contributed by atoms with Crippen molar-refractivity contribution in [3.8, 4) is 5.75 Å². The minimum Gasteiger partial charge on any atom is -0.497 e. The highest BCUT2D eigenvalue weighted by atomic mass is 32.2. The van der Waals surface area contributed by atoms with E-state index in [-0.39, 0.29) is 10.8 Å². The summed E-state index contributed by atoms with van der Waals surface area (Å²) in [5.41, 5.74) is 1.28. The second-order valence-corrected chi connectivity index (χ2v) is 8.97. The van der Waals surface area contributed by atoms with Crippen molar-refractivity contribution in [1.29, 1.82) is 0 Å². The maximum atomic E-state index is 12.7. The molecule has 0 radical (unpaired) electrons. The number of hydrogen-bond acceptors (Lipinski definition) is 4. The Hall–Kier alpha value is -2.42. The third kappa shape index (κ3) is 5.56. The molecule has 0 saturated carbocycles. The van der Waals surface area contributed by atoms with Gasteiger partial charge in [0.1, 0.15) is 12.3 Å². The molecule has 1 heterocycles. The summed E-state index contributed by atoms with van der Waals surface area (Å²) in [5.74, 6) is 0.379. The van der Waals surface area contributed by atoms with Crippen molar-refractivity contribution in [2.45, 2.75) is 24.4 Å². The minimum atomic E-state index is -3.78. The monoisotopic (exact) mass is 418 g/mol. The first kappa shape index (κ1) is 21.3. The fourth-order valence-electron chi connectivity index (χ4n) is 3.48. The van der Waals surface area contributed by atoms with Gasteiger partial charge in [-0.3, -0.25) is 4.79 Å². The molecule has 1 fully saturated rings. The molecule has 0 unspecified atom stereocenters. The first-order valence-electron chi connectivity index (χ1n) is 9.72. The molecule has 0 aliphatic carbocycles. The number of quaternary nitrogens is 1. The molecule has 1 aliphatic heterocycles. The average molecular weight is 419 g/mol. The number of benzene rings is 2. The van der Waals surface area contributed by atoms with Gasteiger partial charge in [-0.2, -0.15) is 4.72 Å². The molecule has 2 aromatic carbocycles. The minimum absolute atomic E-state index is 0.107. The molecule has 0 aromatic heterocycles. The molecule has 7 nitrogen and oxygen atoms in total. The van der Waals surface area contributed by atoms with Crippen LogP contribution in [0.1, 0.15) is 12.5 Å². The zero-order valence-electron chi connectivity index (χ0n) is 16.8. The van der Waals surface area contributed by atoms with Gasteiger partial charge < -0.3 is 14.5 Å². The van der Waals surface area contributed by atoms with Gasteiger partial charge in [0.2, 0.25) is 15.9 Å². The van der Waals surface area contributed by atoms with E-state index in [0.29, 0.717) is 18.8 Å². The molecule has 1 amide bonds. The normalized spacial score (nSPS) is 16.4. The van der Waals surface area contributed by atoms with Gasteiger partial charge in [0, 0.05) is 5.56 Å². The summed E-state index contributed by atoms with van der Waals surface area (Å²) in [5, 5.41) is 0. The van der Waals surface area contributed by atoms with Crippen molar-refractivity contribution in [3.05, 3.63) is 60.2 Å². The Balaban J connectivity index is 1.53. The summed E-state index contributed by atoms with van der Waals surface area (Å²) in [7, 11) is -2.26. The first-order valence-corrected chi connectivity index (χ1v) is 11.2. The smallest absolute Gasteiger partial charge is 0.241 e. The van der Waals surface area contributed by atoms with Crippen molar-refractivity contribution in [2.24, 2.45) is 0 Å². The van der Waals surface area contributed by atoms with Crippen LogP contribution in [0.4, 0.5) is 0 Å². The second-order valence-electron chi connectivity index (χ2n) is 7.26. The SMILES string of the molecule is COc1ccc(S(=O)(=O)N[C@@H](C)C(=O)N2CC[NH+](Cc3ccccc3)CC2)cc1. The standard InChI is InChI=1S/C21H27N3O4S/c1-17(22-29(26,27)20-10-8-19(28-2)9-11-20)21(25)24-14-12-23(13-15-24)16-18-6-4-3-5-7-18/h3-11,17,22H,12-16H2,1-2H3/p+1/t17-/m0/s1. The number of methoxy groups -OCH3 is 1. The molecule has 2 N–H and O–H groups in total. The van der Waals surface area contributed by atoms with Crippen LogP contribution < -0.4 is 14.4 Å². The lowest BCUT2D eigenvalue weighted by Crippen LogP contribution is -3.13. The maximum absolute atomic E-state index is 12.7. The van der Waals surface area contributed by atoms with Crippen LogP contribution in [0, 0.1) is 0 Å². The van der Waals surface area contributed by atoms with Crippen LogP contribution in [-0.4, -0.2) is 58.6 Å². The number of nitrogens with one attached hydrogen (secondary N) is 2. The van der Waals surface area contributed by atoms with Gasteiger partial charge in [-0.25, -0.2) is 8.42 Å². The lowest BCUT2D eigenvalue weighted by Gasteiger charge is -2.33. The van der Waals surface area contributed by atoms with Crippen LogP contribution in [0.2, 0.25) is 0 Å². The molecule has 8 heteroatoms. The van der Waals surface area contributed by atoms with Crippen molar-refractivity contribution in [3.63, 3.8) is 0 Å². The van der Waals surface area contributed by atoms with Gasteiger partial charge >= 0.3 is 0 Å². The predicted octanol–water partition coefficient (Wildman–Crippen LogP) is 0.289. The highest BCUT2D eigenvalue weighted by Crippen LogP contribution is 2.16. The number of piperazine rings is 1. The van der Waals surface area contributed by atoms with E-state index in [4.69, 9.17) is 4.74 Å². The fraction of sp³-hybridized carbons (Fsp3) is 0.381. The van der Waals surface area contributed by atoms with Gasteiger partial charge in [-0.05, 0) is 31.2 Å². The van der Waals surface area contributed by atoms with Gasteiger partial charge in [0.05, 0.1) is 44.2 Å². The Morgan fingerprint density at radius 1 is 1.10 bits per heavy atom. The molecule has 1 saturated heterocycles. The highest BCUT2D eigenvalue weighted by molar-refractivity contribution is 7.89. The zero-order valence-corrected chi connectivity index (χ0v) is 17.6. The van der Waals surface area contributed by atoms with Crippen molar-refractivity contribution in [2.75, 3.05) is 33.3 Å². The Bertz CT molecular complexity index is 909. The number of rotatable bonds is 7. The summed E-state index contributed by atoms with van der Waals surface area (Å²) in [6.07, 6.45) is 0. The number of carbonyl (C=O) groups excluding carboxylic acids is 1. The number of amides is 1. The fourth-order valence-corrected chi connectivity index (χ4v) is 4.68. The molecule has 3 rings (SSSR count). The van der Waals surface area contributed by atoms with E-state index in [2.05, 4.69) is 16.9 Å². The largest absolute Gasteiger partial charge is 0.497 e. The molecule has 1 aliphatic rings. The van der Waals surface area contributed by atoms with Crippen LogP contribution in [0.25, 0.3) is 0 Å². The molecule has 29 heavy (non-hydrogen) atoms. The van der Waals surface area contributed by atoms with Gasteiger partial charge in [0.25, 0.3) is 0 Å². The van der Waals surface area contributed by atoms with Crippen molar-refractivity contribution >= 4 is 15.9 Å². The maximum Gasteiger partial charge on any atom is 0.241 e. The topological polar surface area (TPSA) is 80.1 Å². The van der Waals surface area contributed by atoms with E-state index >= 15 is 0 Å². The summed E-state index contributed by atoms with van der Waals surface area (Å²) < 4.78 is 32.7. The number of hydrogen-bond donors (Lipinski definition) is 2. The van der Waals surface area contributed by atoms with Gasteiger partial charge in [0.15, 0.2) is 0 Å².